The molecule has 28 heavy (non-hydrogen) atoms. The second kappa shape index (κ2) is 6.61. The van der Waals surface area contributed by atoms with E-state index in [0.717, 1.165) is 5.56 Å². The van der Waals surface area contributed by atoms with E-state index >= 15 is 0 Å². The molecule has 2 aromatic rings. The van der Waals surface area contributed by atoms with E-state index in [0.29, 0.717) is 36.6 Å². The molecule has 8 heteroatoms. The van der Waals surface area contributed by atoms with Crippen LogP contribution in [0.4, 0.5) is 10.7 Å². The number of nitrogens with one attached hydrogen (secondary N) is 1. The molecule has 1 saturated carbocycles. The molecule has 3 heterocycles. The molecular formula is C20H25N5O3. The maximum atomic E-state index is 12.4. The number of carbonyl (C=O) groups excluding carboxylic acids is 1. The molecule has 1 N–H and O–H groups in total. The molecule has 2 fully saturated rings. The fourth-order valence-electron chi connectivity index (χ4n) is 3.70. The van der Waals surface area contributed by atoms with Gasteiger partial charge in [0.25, 0.3) is 5.56 Å². The second-order valence-electron chi connectivity index (χ2n) is 8.48. The lowest BCUT2D eigenvalue weighted by molar-refractivity contribution is 0.0272. The molecule has 0 bridgehead atoms. The maximum absolute atomic E-state index is 12.4. The first-order valence-corrected chi connectivity index (χ1v) is 9.46. The van der Waals surface area contributed by atoms with Gasteiger partial charge in [-0.15, -0.1) is 0 Å². The van der Waals surface area contributed by atoms with Crippen LogP contribution in [0.25, 0.3) is 11.3 Å². The van der Waals surface area contributed by atoms with E-state index in [9.17, 15) is 9.59 Å². The van der Waals surface area contributed by atoms with Crippen molar-refractivity contribution in [3.05, 3.63) is 40.9 Å². The number of hydrogen-bond acceptors (Lipinski definition) is 6. The lowest BCUT2D eigenvalue weighted by Gasteiger charge is -2.26. The van der Waals surface area contributed by atoms with Crippen molar-refractivity contribution in [1.29, 1.82) is 0 Å². The standard InChI is InChI=1S/C20H25N5O3/c1-20(2,3)28-19(27)25-10-13-14(11-25)17(13)23-18-22-15(9-16(26)24(18)4)12-5-7-21-8-6-12/h5-9,13-14,17H,10-11H2,1-4H3,(H,22,23)/t13-,14+,17+. The highest BCUT2D eigenvalue weighted by atomic mass is 16.6. The summed E-state index contributed by atoms with van der Waals surface area (Å²) in [5.41, 5.74) is 0.861. The summed E-state index contributed by atoms with van der Waals surface area (Å²) in [5.74, 6) is 1.26. The first-order chi connectivity index (χ1) is 13.2. The Morgan fingerprint density at radius 2 is 1.86 bits per heavy atom. The van der Waals surface area contributed by atoms with Crippen LogP contribution in [0.2, 0.25) is 0 Å². The zero-order valence-corrected chi connectivity index (χ0v) is 16.5. The van der Waals surface area contributed by atoms with E-state index < -0.39 is 5.60 Å². The topological polar surface area (TPSA) is 89.3 Å². The third-order valence-corrected chi connectivity index (χ3v) is 5.25. The van der Waals surface area contributed by atoms with E-state index in [1.165, 1.54) is 10.6 Å². The Morgan fingerprint density at radius 1 is 1.21 bits per heavy atom. The van der Waals surface area contributed by atoms with Crippen molar-refractivity contribution >= 4 is 12.0 Å². The molecule has 0 radical (unpaired) electrons. The van der Waals surface area contributed by atoms with Gasteiger partial charge in [0, 0.05) is 62.0 Å². The number of fused-ring (bicyclic) bond motifs is 1. The summed E-state index contributed by atoms with van der Waals surface area (Å²) in [6.07, 6.45) is 3.10. The third kappa shape index (κ3) is 3.58. The molecule has 0 unspecified atom stereocenters. The monoisotopic (exact) mass is 383 g/mol. The lowest BCUT2D eigenvalue weighted by atomic mass is 10.2. The van der Waals surface area contributed by atoms with Gasteiger partial charge in [-0.1, -0.05) is 0 Å². The second-order valence-corrected chi connectivity index (χ2v) is 8.48. The quantitative estimate of drug-likeness (QED) is 0.873. The third-order valence-electron chi connectivity index (χ3n) is 5.25. The Kier molecular flexibility index (Phi) is 4.36. The zero-order chi connectivity index (χ0) is 20.1. The number of pyridine rings is 1. The number of anilines is 1. The van der Waals surface area contributed by atoms with Gasteiger partial charge < -0.3 is 15.0 Å². The van der Waals surface area contributed by atoms with E-state index in [2.05, 4.69) is 15.3 Å². The van der Waals surface area contributed by atoms with Crippen LogP contribution >= 0.6 is 0 Å². The number of aromatic nitrogens is 3. The molecule has 1 amide bonds. The average molecular weight is 383 g/mol. The number of hydrogen-bond donors (Lipinski definition) is 1. The van der Waals surface area contributed by atoms with Crippen LogP contribution < -0.4 is 10.9 Å². The van der Waals surface area contributed by atoms with Gasteiger partial charge in [-0.2, -0.15) is 0 Å². The van der Waals surface area contributed by atoms with Crippen LogP contribution in [0.3, 0.4) is 0 Å². The summed E-state index contributed by atoms with van der Waals surface area (Å²) in [6, 6.07) is 5.40. The van der Waals surface area contributed by atoms with Gasteiger partial charge in [0.05, 0.1) is 5.69 Å². The minimum Gasteiger partial charge on any atom is -0.444 e. The van der Waals surface area contributed by atoms with Crippen molar-refractivity contribution in [3.63, 3.8) is 0 Å². The number of likely N-dealkylation sites (tertiary alicyclic amines) is 1. The highest BCUT2D eigenvalue weighted by Crippen LogP contribution is 2.47. The molecule has 4 rings (SSSR count). The Balaban J connectivity index is 1.44. The van der Waals surface area contributed by atoms with Crippen molar-refractivity contribution in [3.8, 4) is 11.3 Å². The summed E-state index contributed by atoms with van der Waals surface area (Å²) in [7, 11) is 1.71. The molecular weight excluding hydrogens is 358 g/mol. The Labute approximate surface area is 163 Å². The minimum absolute atomic E-state index is 0.120. The lowest BCUT2D eigenvalue weighted by Crippen LogP contribution is -2.38. The normalized spacial score (nSPS) is 23.3. The maximum Gasteiger partial charge on any atom is 0.410 e. The van der Waals surface area contributed by atoms with Gasteiger partial charge in [-0.3, -0.25) is 14.3 Å². The van der Waals surface area contributed by atoms with Crippen molar-refractivity contribution in [2.24, 2.45) is 18.9 Å². The molecule has 2 aliphatic rings. The molecule has 1 saturated heterocycles. The van der Waals surface area contributed by atoms with Crippen molar-refractivity contribution < 1.29 is 9.53 Å². The Hall–Kier alpha value is -2.90. The Bertz CT molecular complexity index is 939. The number of carbonyl (C=O) groups is 1. The first kappa shape index (κ1) is 18.5. The fraction of sp³-hybridized carbons (Fsp3) is 0.500. The van der Waals surface area contributed by atoms with Gasteiger partial charge in [0.2, 0.25) is 5.95 Å². The van der Waals surface area contributed by atoms with Gasteiger partial charge in [-0.25, -0.2) is 9.78 Å². The molecule has 3 atom stereocenters. The summed E-state index contributed by atoms with van der Waals surface area (Å²) >= 11 is 0. The number of piperidine rings is 1. The summed E-state index contributed by atoms with van der Waals surface area (Å²) in [6.45, 7) is 6.93. The predicted octanol–water partition coefficient (Wildman–Crippen LogP) is 2.12. The smallest absolute Gasteiger partial charge is 0.410 e. The first-order valence-electron chi connectivity index (χ1n) is 9.46. The summed E-state index contributed by atoms with van der Waals surface area (Å²) in [4.78, 5) is 35.0. The van der Waals surface area contributed by atoms with Gasteiger partial charge in [0.15, 0.2) is 0 Å². The number of nitrogens with zero attached hydrogens (tertiary/aromatic N) is 4. The van der Waals surface area contributed by atoms with E-state index in [4.69, 9.17) is 4.74 Å². The number of amides is 1. The minimum atomic E-state index is -0.489. The Morgan fingerprint density at radius 3 is 2.46 bits per heavy atom. The van der Waals surface area contributed by atoms with Crippen molar-refractivity contribution in [2.45, 2.75) is 32.4 Å². The van der Waals surface area contributed by atoms with Crippen LogP contribution in [-0.4, -0.2) is 50.3 Å². The van der Waals surface area contributed by atoms with E-state index in [1.54, 1.807) is 24.3 Å². The predicted molar refractivity (Wildman–Crippen MR) is 105 cm³/mol. The van der Waals surface area contributed by atoms with Gasteiger partial charge >= 0.3 is 6.09 Å². The molecule has 0 aromatic carbocycles. The van der Waals surface area contributed by atoms with Gasteiger partial charge in [-0.05, 0) is 32.9 Å². The van der Waals surface area contributed by atoms with Crippen LogP contribution in [0.1, 0.15) is 20.8 Å². The van der Waals surface area contributed by atoms with Crippen LogP contribution in [0, 0.1) is 11.8 Å². The number of ether oxygens (including phenoxy) is 1. The number of rotatable bonds is 3. The molecule has 0 spiro atoms. The van der Waals surface area contributed by atoms with E-state index in [-0.39, 0.29) is 17.7 Å². The molecule has 1 aliphatic carbocycles. The average Bonchev–Trinajstić information content (AvgIpc) is 3.07. The SMILES string of the molecule is Cn1c(N[C@H]2[C@@H]3CN(C(=O)OC(C)(C)C)C[C@@H]32)nc(-c2ccncc2)cc1=O. The molecule has 1 aliphatic heterocycles. The van der Waals surface area contributed by atoms with Crippen LogP contribution in [0.5, 0.6) is 0 Å². The molecule has 148 valence electrons. The largest absolute Gasteiger partial charge is 0.444 e. The van der Waals surface area contributed by atoms with Crippen LogP contribution in [-0.2, 0) is 11.8 Å². The van der Waals surface area contributed by atoms with Crippen molar-refractivity contribution in [1.82, 2.24) is 19.4 Å². The highest BCUT2D eigenvalue weighted by Gasteiger charge is 2.57. The van der Waals surface area contributed by atoms with Gasteiger partial charge in [0.1, 0.15) is 5.60 Å². The fourth-order valence-corrected chi connectivity index (χ4v) is 3.70. The zero-order valence-electron chi connectivity index (χ0n) is 16.5. The molecule has 2 aromatic heterocycles. The highest BCUT2D eigenvalue weighted by molar-refractivity contribution is 5.69. The summed E-state index contributed by atoms with van der Waals surface area (Å²) in [5, 5.41) is 3.40. The molecule has 8 nitrogen and oxygen atoms in total. The summed E-state index contributed by atoms with van der Waals surface area (Å²) < 4.78 is 6.97. The van der Waals surface area contributed by atoms with Crippen LogP contribution in [0.15, 0.2) is 35.4 Å². The van der Waals surface area contributed by atoms with Crippen molar-refractivity contribution in [2.75, 3.05) is 18.4 Å². The van der Waals surface area contributed by atoms with E-state index in [1.807, 2.05) is 32.9 Å².